The second-order valence-corrected chi connectivity index (χ2v) is 4.80. The van der Waals surface area contributed by atoms with Crippen LogP contribution in [-0.4, -0.2) is 27.4 Å². The van der Waals surface area contributed by atoms with Gasteiger partial charge in [-0.2, -0.15) is 0 Å². The van der Waals surface area contributed by atoms with Crippen molar-refractivity contribution < 1.29 is 23.8 Å². The Morgan fingerprint density at radius 1 is 1.21 bits per heavy atom. The van der Waals surface area contributed by atoms with E-state index in [9.17, 15) is 14.3 Å². The molecule has 0 saturated heterocycles. The second-order valence-electron chi connectivity index (χ2n) is 4.80. The van der Waals surface area contributed by atoms with Crippen molar-refractivity contribution in [2.45, 2.75) is 0 Å². The molecular weight excluding hydrogens is 315 g/mol. The standard InChI is InChI=1S/C17H11FN2O4/c18-13-7-2-1-6-12(13)15-20-14(17(23)24-15)9-19-11-5-3-4-10(8-11)16(21)22/h1-9,23H,(H,21,22). The van der Waals surface area contributed by atoms with E-state index in [0.717, 1.165) is 0 Å². The van der Waals surface area contributed by atoms with Gasteiger partial charge in [-0.25, -0.2) is 14.2 Å². The van der Waals surface area contributed by atoms with E-state index in [2.05, 4.69) is 9.98 Å². The van der Waals surface area contributed by atoms with Crippen molar-refractivity contribution in [3.8, 4) is 17.4 Å². The first-order chi connectivity index (χ1) is 11.5. The van der Waals surface area contributed by atoms with Gasteiger partial charge in [-0.15, -0.1) is 0 Å². The summed E-state index contributed by atoms with van der Waals surface area (Å²) in [7, 11) is 0. The van der Waals surface area contributed by atoms with Crippen LogP contribution in [0.3, 0.4) is 0 Å². The molecule has 3 rings (SSSR count). The number of nitrogens with zero attached hydrogens (tertiary/aromatic N) is 2. The smallest absolute Gasteiger partial charge is 0.335 e. The molecule has 0 aliphatic rings. The molecule has 0 aliphatic heterocycles. The van der Waals surface area contributed by atoms with E-state index in [0.29, 0.717) is 5.69 Å². The van der Waals surface area contributed by atoms with Crippen LogP contribution in [0, 0.1) is 5.82 Å². The molecule has 6 nitrogen and oxygen atoms in total. The van der Waals surface area contributed by atoms with Crippen molar-refractivity contribution in [1.29, 1.82) is 0 Å². The van der Waals surface area contributed by atoms with E-state index in [4.69, 9.17) is 9.52 Å². The first-order valence-corrected chi connectivity index (χ1v) is 6.86. The second kappa shape index (κ2) is 6.33. The Kier molecular flexibility index (Phi) is 4.07. The normalized spacial score (nSPS) is 11.0. The summed E-state index contributed by atoms with van der Waals surface area (Å²) in [5, 5.41) is 18.7. The van der Waals surface area contributed by atoms with E-state index in [1.165, 1.54) is 36.5 Å². The zero-order chi connectivity index (χ0) is 17.1. The van der Waals surface area contributed by atoms with E-state index in [1.54, 1.807) is 18.2 Å². The summed E-state index contributed by atoms with van der Waals surface area (Å²) in [6, 6.07) is 11.8. The van der Waals surface area contributed by atoms with Gasteiger partial charge < -0.3 is 14.6 Å². The first kappa shape index (κ1) is 15.4. The Morgan fingerprint density at radius 3 is 2.75 bits per heavy atom. The van der Waals surface area contributed by atoms with Gasteiger partial charge in [0.2, 0.25) is 5.89 Å². The highest BCUT2D eigenvalue weighted by atomic mass is 19.1. The highest BCUT2D eigenvalue weighted by molar-refractivity contribution is 5.89. The molecule has 0 unspecified atom stereocenters. The lowest BCUT2D eigenvalue weighted by Crippen LogP contribution is -1.94. The van der Waals surface area contributed by atoms with Gasteiger partial charge >= 0.3 is 11.9 Å². The molecule has 2 aromatic carbocycles. The molecule has 0 radical (unpaired) electrons. The Labute approximate surface area is 135 Å². The molecule has 0 bridgehead atoms. The summed E-state index contributed by atoms with van der Waals surface area (Å²) in [4.78, 5) is 19.0. The zero-order valence-electron chi connectivity index (χ0n) is 12.2. The molecule has 2 N–H and O–H groups in total. The van der Waals surface area contributed by atoms with Gasteiger partial charge in [-0.3, -0.25) is 4.99 Å². The SMILES string of the molecule is O=C(O)c1cccc(N=Cc2nc(-c3ccccc3F)oc2O)c1. The number of carbonyl (C=O) groups is 1. The minimum Gasteiger partial charge on any atom is -0.479 e. The average Bonchev–Trinajstić information content (AvgIpc) is 2.94. The van der Waals surface area contributed by atoms with Crippen LogP contribution in [0.5, 0.6) is 5.95 Å². The third kappa shape index (κ3) is 3.14. The summed E-state index contributed by atoms with van der Waals surface area (Å²) in [6.45, 7) is 0. The lowest BCUT2D eigenvalue weighted by molar-refractivity contribution is 0.0697. The summed E-state index contributed by atoms with van der Waals surface area (Å²) in [6.07, 6.45) is 1.21. The lowest BCUT2D eigenvalue weighted by Gasteiger charge is -1.96. The molecule has 0 saturated carbocycles. The van der Waals surface area contributed by atoms with Crippen LogP contribution in [0.1, 0.15) is 16.1 Å². The number of hydrogen-bond donors (Lipinski definition) is 2. The fourth-order valence-corrected chi connectivity index (χ4v) is 2.01. The summed E-state index contributed by atoms with van der Waals surface area (Å²) in [5.74, 6) is -2.19. The van der Waals surface area contributed by atoms with Gasteiger partial charge in [0.25, 0.3) is 0 Å². The molecule has 24 heavy (non-hydrogen) atoms. The van der Waals surface area contributed by atoms with Crippen molar-refractivity contribution in [3.63, 3.8) is 0 Å². The van der Waals surface area contributed by atoms with Crippen molar-refractivity contribution >= 4 is 17.9 Å². The van der Waals surface area contributed by atoms with Gasteiger partial charge in [-0.05, 0) is 30.3 Å². The average molecular weight is 326 g/mol. The number of carboxylic acid groups (broad SMARTS) is 1. The molecular formula is C17H11FN2O4. The van der Waals surface area contributed by atoms with Crippen LogP contribution in [0.4, 0.5) is 10.1 Å². The molecule has 0 amide bonds. The number of hydrogen-bond acceptors (Lipinski definition) is 5. The minimum absolute atomic E-state index is 0.00832. The predicted molar refractivity (Wildman–Crippen MR) is 84.2 cm³/mol. The number of aromatic hydroxyl groups is 1. The number of oxazole rings is 1. The van der Waals surface area contributed by atoms with Crippen LogP contribution < -0.4 is 0 Å². The van der Waals surface area contributed by atoms with E-state index in [-0.39, 0.29) is 22.7 Å². The van der Waals surface area contributed by atoms with Crippen molar-refractivity contribution in [1.82, 2.24) is 4.98 Å². The van der Waals surface area contributed by atoms with Gasteiger partial charge in [0, 0.05) is 0 Å². The maximum absolute atomic E-state index is 13.7. The summed E-state index contributed by atoms with van der Waals surface area (Å²) >= 11 is 0. The molecule has 120 valence electrons. The molecule has 0 atom stereocenters. The number of carboxylic acids is 1. The molecule has 1 aromatic heterocycles. The number of rotatable bonds is 4. The van der Waals surface area contributed by atoms with Crippen LogP contribution in [0.2, 0.25) is 0 Å². The van der Waals surface area contributed by atoms with Gasteiger partial charge in [0.1, 0.15) is 5.82 Å². The molecule has 0 fully saturated rings. The van der Waals surface area contributed by atoms with Crippen LogP contribution in [-0.2, 0) is 0 Å². The molecule has 3 aromatic rings. The number of halogens is 1. The van der Waals surface area contributed by atoms with Gasteiger partial charge in [0.15, 0.2) is 5.69 Å². The van der Waals surface area contributed by atoms with Crippen LogP contribution in [0.15, 0.2) is 57.9 Å². The Bertz CT molecular complexity index is 934. The number of benzene rings is 2. The summed E-state index contributed by atoms with van der Waals surface area (Å²) < 4.78 is 18.8. The highest BCUT2D eigenvalue weighted by Crippen LogP contribution is 2.27. The maximum Gasteiger partial charge on any atom is 0.335 e. The topological polar surface area (TPSA) is 95.9 Å². The number of aliphatic imine (C=N–C) groups is 1. The third-order valence-corrected chi connectivity index (χ3v) is 3.17. The van der Waals surface area contributed by atoms with Crippen LogP contribution in [0.25, 0.3) is 11.5 Å². The van der Waals surface area contributed by atoms with Gasteiger partial charge in [-0.1, -0.05) is 18.2 Å². The van der Waals surface area contributed by atoms with E-state index >= 15 is 0 Å². The first-order valence-electron chi connectivity index (χ1n) is 6.86. The zero-order valence-corrected chi connectivity index (χ0v) is 12.2. The summed E-state index contributed by atoms with van der Waals surface area (Å²) in [5.41, 5.74) is 0.570. The van der Waals surface area contributed by atoms with Gasteiger partial charge in [0.05, 0.1) is 23.0 Å². The monoisotopic (exact) mass is 326 g/mol. The van der Waals surface area contributed by atoms with Crippen LogP contribution >= 0.6 is 0 Å². The quantitative estimate of drug-likeness (QED) is 0.714. The fourth-order valence-electron chi connectivity index (χ4n) is 2.01. The highest BCUT2D eigenvalue weighted by Gasteiger charge is 2.15. The Morgan fingerprint density at radius 2 is 2.00 bits per heavy atom. The maximum atomic E-state index is 13.7. The van der Waals surface area contributed by atoms with Crippen molar-refractivity contribution in [2.24, 2.45) is 4.99 Å². The third-order valence-electron chi connectivity index (χ3n) is 3.17. The lowest BCUT2D eigenvalue weighted by atomic mass is 10.2. The van der Waals surface area contributed by atoms with Crippen molar-refractivity contribution in [3.05, 3.63) is 65.6 Å². The Balaban J connectivity index is 1.90. The number of aromatic carboxylic acids is 1. The number of aromatic nitrogens is 1. The molecule has 7 heteroatoms. The minimum atomic E-state index is -1.07. The Hall–Kier alpha value is -3.48. The van der Waals surface area contributed by atoms with Crippen molar-refractivity contribution in [2.75, 3.05) is 0 Å². The van der Waals surface area contributed by atoms with E-state index in [1.807, 2.05) is 0 Å². The molecule has 1 heterocycles. The largest absolute Gasteiger partial charge is 0.479 e. The fraction of sp³-hybridized carbons (Fsp3) is 0. The predicted octanol–water partition coefficient (Wildman–Crippen LogP) is 3.64. The van der Waals surface area contributed by atoms with E-state index < -0.39 is 17.7 Å². The molecule has 0 spiro atoms. The molecule has 0 aliphatic carbocycles.